The summed E-state index contributed by atoms with van der Waals surface area (Å²) in [6.07, 6.45) is 7.21. The van der Waals surface area contributed by atoms with Crippen LogP contribution in [0, 0.1) is 11.8 Å². The predicted octanol–water partition coefficient (Wildman–Crippen LogP) is 4.90. The van der Waals surface area contributed by atoms with E-state index in [1.807, 2.05) is 20.8 Å². The van der Waals surface area contributed by atoms with Crippen LogP contribution < -0.4 is 9.47 Å². The van der Waals surface area contributed by atoms with Gasteiger partial charge in [-0.3, -0.25) is 4.79 Å². The molecule has 0 aromatic heterocycles. The molecule has 0 amide bonds. The minimum atomic E-state index is -0.854. The lowest BCUT2D eigenvalue weighted by Gasteiger charge is -2.35. The molecule has 2 aliphatic rings. The maximum atomic E-state index is 13.2. The zero-order valence-electron chi connectivity index (χ0n) is 20.1. The van der Waals surface area contributed by atoms with Crippen LogP contribution in [0.2, 0.25) is 0 Å². The van der Waals surface area contributed by atoms with Gasteiger partial charge in [-0.05, 0) is 51.7 Å². The van der Waals surface area contributed by atoms with E-state index in [1.54, 1.807) is 18.2 Å². The molecule has 6 nitrogen and oxygen atoms in total. The topological polar surface area (TPSA) is 85.2 Å². The van der Waals surface area contributed by atoms with Gasteiger partial charge in [-0.25, -0.2) is 0 Å². The number of rotatable bonds is 8. The molecular weight excluding hydrogens is 420 g/mol. The van der Waals surface area contributed by atoms with E-state index in [2.05, 4.69) is 12.7 Å². The van der Waals surface area contributed by atoms with E-state index >= 15 is 0 Å². The van der Waals surface area contributed by atoms with Crippen LogP contribution >= 0.6 is 0 Å². The highest BCUT2D eigenvalue weighted by Gasteiger charge is 2.39. The van der Waals surface area contributed by atoms with Crippen LogP contribution in [0.25, 0.3) is 0 Å². The van der Waals surface area contributed by atoms with Crippen molar-refractivity contribution in [2.75, 3.05) is 14.2 Å². The molecule has 33 heavy (non-hydrogen) atoms. The van der Waals surface area contributed by atoms with E-state index in [0.29, 0.717) is 29.1 Å². The number of fused-ring (bicyclic) bond motifs is 1. The number of Topliss-reactive ketones (excluding diaryl/α,β-unsaturated/α-hetero) is 1. The molecule has 1 aromatic rings. The summed E-state index contributed by atoms with van der Waals surface area (Å²) in [7, 11) is 3.00. The Morgan fingerprint density at radius 2 is 2.03 bits per heavy atom. The average molecular weight is 455 g/mol. The van der Waals surface area contributed by atoms with Crippen LogP contribution in [0.3, 0.4) is 0 Å². The van der Waals surface area contributed by atoms with E-state index in [-0.39, 0.29) is 29.6 Å². The number of aliphatic hydroxyl groups excluding tert-OH is 1. The van der Waals surface area contributed by atoms with Crippen molar-refractivity contribution in [1.29, 1.82) is 0 Å². The SMILES string of the molecule is C=C(C)C(CC=C(C)C)Cc1c(O)cc(OC)c2c1O[C@H](C1C=CC(OC)=CC1O)CC2=O. The fourth-order valence-electron chi connectivity index (χ4n) is 4.33. The van der Waals surface area contributed by atoms with Gasteiger partial charge in [0.15, 0.2) is 5.78 Å². The quantitative estimate of drug-likeness (QED) is 0.544. The summed E-state index contributed by atoms with van der Waals surface area (Å²) >= 11 is 0. The van der Waals surface area contributed by atoms with Crippen LogP contribution in [0.1, 0.15) is 49.5 Å². The van der Waals surface area contributed by atoms with Crippen molar-refractivity contribution in [3.63, 3.8) is 0 Å². The lowest BCUT2D eigenvalue weighted by Crippen LogP contribution is -2.39. The van der Waals surface area contributed by atoms with Crippen LogP contribution in [0.15, 0.2) is 53.9 Å². The number of carbonyl (C=O) groups is 1. The van der Waals surface area contributed by atoms with Gasteiger partial charge in [0.05, 0.1) is 20.3 Å². The van der Waals surface area contributed by atoms with Crippen molar-refractivity contribution in [2.24, 2.45) is 11.8 Å². The largest absolute Gasteiger partial charge is 0.507 e. The molecular formula is C27H34O6. The van der Waals surface area contributed by atoms with Gasteiger partial charge in [0, 0.05) is 24.0 Å². The zero-order valence-corrected chi connectivity index (χ0v) is 20.1. The first-order valence-corrected chi connectivity index (χ1v) is 11.2. The van der Waals surface area contributed by atoms with Gasteiger partial charge >= 0.3 is 0 Å². The van der Waals surface area contributed by atoms with E-state index < -0.39 is 18.1 Å². The van der Waals surface area contributed by atoms with Gasteiger partial charge in [0.2, 0.25) is 0 Å². The summed E-state index contributed by atoms with van der Waals surface area (Å²) in [5.74, 6) is 0.691. The van der Waals surface area contributed by atoms with E-state index in [0.717, 1.165) is 12.0 Å². The molecule has 1 aliphatic carbocycles. The fraction of sp³-hybridized carbons (Fsp3) is 0.444. The molecule has 0 radical (unpaired) electrons. The number of aromatic hydroxyl groups is 1. The third kappa shape index (κ3) is 5.33. The molecule has 0 saturated heterocycles. The number of benzene rings is 1. The number of hydrogen-bond donors (Lipinski definition) is 2. The summed E-state index contributed by atoms with van der Waals surface area (Å²) < 4.78 is 16.9. The van der Waals surface area contributed by atoms with E-state index in [1.165, 1.54) is 25.9 Å². The molecule has 0 fully saturated rings. The highest BCUT2D eigenvalue weighted by molar-refractivity contribution is 6.03. The number of aliphatic hydroxyl groups is 1. The highest BCUT2D eigenvalue weighted by Crippen LogP contribution is 2.46. The Balaban J connectivity index is 2.01. The van der Waals surface area contributed by atoms with Gasteiger partial charge in [-0.15, -0.1) is 0 Å². The minimum Gasteiger partial charge on any atom is -0.507 e. The molecule has 0 bridgehead atoms. The summed E-state index contributed by atoms with van der Waals surface area (Å²) in [6.45, 7) is 10.2. The number of ether oxygens (including phenoxy) is 3. The van der Waals surface area contributed by atoms with Gasteiger partial charge < -0.3 is 24.4 Å². The number of ketones is 1. The first-order chi connectivity index (χ1) is 15.7. The maximum Gasteiger partial charge on any atom is 0.174 e. The van der Waals surface area contributed by atoms with Crippen LogP contribution in [0.4, 0.5) is 0 Å². The molecule has 0 spiro atoms. The molecule has 4 atom stereocenters. The Morgan fingerprint density at radius 1 is 1.30 bits per heavy atom. The Morgan fingerprint density at radius 3 is 2.61 bits per heavy atom. The number of allylic oxidation sites excluding steroid dienone is 4. The Kier molecular flexibility index (Phi) is 7.69. The van der Waals surface area contributed by atoms with Gasteiger partial charge in [-0.1, -0.05) is 29.9 Å². The van der Waals surface area contributed by atoms with Crippen molar-refractivity contribution in [1.82, 2.24) is 0 Å². The van der Waals surface area contributed by atoms with Gasteiger partial charge in [0.25, 0.3) is 0 Å². The second-order valence-electron chi connectivity index (χ2n) is 9.03. The first kappa shape index (κ1) is 24.6. The Bertz CT molecular complexity index is 1010. The average Bonchev–Trinajstić information content (AvgIpc) is 2.76. The number of hydrogen-bond acceptors (Lipinski definition) is 6. The van der Waals surface area contributed by atoms with Crippen LogP contribution in [-0.2, 0) is 11.2 Å². The van der Waals surface area contributed by atoms with Crippen LogP contribution in [0.5, 0.6) is 17.2 Å². The van der Waals surface area contributed by atoms with E-state index in [9.17, 15) is 15.0 Å². The normalized spacial score (nSPS) is 22.5. The zero-order chi connectivity index (χ0) is 24.3. The highest BCUT2D eigenvalue weighted by atomic mass is 16.5. The maximum absolute atomic E-state index is 13.2. The second-order valence-corrected chi connectivity index (χ2v) is 9.03. The third-order valence-electron chi connectivity index (χ3n) is 6.31. The van der Waals surface area contributed by atoms with Crippen molar-refractivity contribution in [3.8, 4) is 17.2 Å². The number of carbonyl (C=O) groups excluding carboxylic acids is 1. The number of phenolic OH excluding ortho intramolecular Hbond substituents is 1. The van der Waals surface area contributed by atoms with E-state index in [4.69, 9.17) is 14.2 Å². The fourth-order valence-corrected chi connectivity index (χ4v) is 4.33. The molecule has 2 N–H and O–H groups in total. The van der Waals surface area contributed by atoms with Crippen molar-refractivity contribution >= 4 is 5.78 Å². The molecule has 3 rings (SSSR count). The lowest BCUT2D eigenvalue weighted by molar-refractivity contribution is 0.0508. The molecule has 3 unspecified atom stereocenters. The van der Waals surface area contributed by atoms with Gasteiger partial charge in [-0.2, -0.15) is 0 Å². The molecule has 1 aromatic carbocycles. The predicted molar refractivity (Wildman–Crippen MR) is 128 cm³/mol. The number of methoxy groups -OCH3 is 2. The van der Waals surface area contributed by atoms with Crippen LogP contribution in [-0.4, -0.2) is 42.4 Å². The summed E-state index contributed by atoms with van der Waals surface area (Å²) in [6, 6.07) is 1.48. The van der Waals surface area contributed by atoms with Crippen molar-refractivity contribution in [2.45, 2.75) is 52.2 Å². The molecule has 0 saturated carbocycles. The monoisotopic (exact) mass is 454 g/mol. The summed E-state index contributed by atoms with van der Waals surface area (Å²) in [5, 5.41) is 21.5. The minimum absolute atomic E-state index is 0.0174. The summed E-state index contributed by atoms with van der Waals surface area (Å²) in [5.41, 5.74) is 3.08. The smallest absolute Gasteiger partial charge is 0.174 e. The molecule has 6 heteroatoms. The lowest BCUT2D eigenvalue weighted by atomic mass is 9.83. The Labute approximate surface area is 195 Å². The Hall–Kier alpha value is -2.99. The second kappa shape index (κ2) is 10.3. The molecule has 1 heterocycles. The summed E-state index contributed by atoms with van der Waals surface area (Å²) in [4.78, 5) is 13.2. The van der Waals surface area contributed by atoms with Crippen molar-refractivity contribution < 1.29 is 29.2 Å². The first-order valence-electron chi connectivity index (χ1n) is 11.2. The molecule has 178 valence electrons. The third-order valence-corrected chi connectivity index (χ3v) is 6.31. The van der Waals surface area contributed by atoms with Gasteiger partial charge in [0.1, 0.15) is 34.7 Å². The molecule has 1 aliphatic heterocycles. The van der Waals surface area contributed by atoms with Crippen molar-refractivity contribution in [3.05, 3.63) is 65.0 Å². The standard InChI is InChI=1S/C27H34O6/c1-15(2)7-8-17(16(3)4)11-20-22(29)13-25(32-6)26-23(30)14-24(33-27(20)26)19-10-9-18(31-5)12-21(19)28/h7,9-10,12-13,17,19,21,24,28-29H,3,8,11,14H2,1-2,4-6H3/t17?,19?,21?,24-/m0/s1. The number of phenols is 1.